The van der Waals surface area contributed by atoms with Crippen LogP contribution in [0.3, 0.4) is 0 Å². The number of amides is 2. The van der Waals surface area contributed by atoms with Crippen molar-refractivity contribution >= 4 is 33.7 Å². The predicted molar refractivity (Wildman–Crippen MR) is 126 cm³/mol. The molecule has 2 N–H and O–H groups in total. The Labute approximate surface area is 211 Å². The van der Waals surface area contributed by atoms with Crippen LogP contribution in [0.4, 0.5) is 4.79 Å². The Hall–Kier alpha value is -2.15. The van der Waals surface area contributed by atoms with Crippen LogP contribution >= 0.6 is 15.9 Å². The molecule has 1 aromatic rings. The molecule has 0 radical (unpaired) electrons. The van der Waals surface area contributed by atoms with Gasteiger partial charge in [0.25, 0.3) is 0 Å². The van der Waals surface area contributed by atoms with Crippen LogP contribution in [0.2, 0.25) is 0 Å². The van der Waals surface area contributed by atoms with E-state index in [0.29, 0.717) is 26.2 Å². The summed E-state index contributed by atoms with van der Waals surface area (Å²) in [5, 5.41) is 19.7. The van der Waals surface area contributed by atoms with Crippen molar-refractivity contribution in [3.05, 3.63) is 46.5 Å². The summed E-state index contributed by atoms with van der Waals surface area (Å²) in [6, 6.07) is 8.39. The molecule has 0 spiro atoms. The summed E-state index contributed by atoms with van der Waals surface area (Å²) >= 11 is 3.20. The number of rotatable bonds is 12. The molecular formula is C24H30BrNO9. The lowest BCUT2D eigenvalue weighted by molar-refractivity contribution is -0.217. The van der Waals surface area contributed by atoms with E-state index in [-0.39, 0.29) is 30.7 Å². The molecule has 1 fully saturated rings. The number of hydrogen-bond donors (Lipinski definition) is 2. The number of benzene rings is 1. The molecule has 2 aliphatic rings. The van der Waals surface area contributed by atoms with E-state index in [2.05, 4.69) is 15.9 Å². The Morgan fingerprint density at radius 2 is 1.89 bits per heavy atom. The number of ketones is 1. The van der Waals surface area contributed by atoms with Gasteiger partial charge in [0, 0.05) is 13.0 Å². The number of imide groups is 1. The number of nitrogens with zero attached hydrogens (tertiary/aromatic N) is 1. The third-order valence-electron chi connectivity index (χ3n) is 5.79. The van der Waals surface area contributed by atoms with Crippen LogP contribution < -0.4 is 0 Å². The van der Waals surface area contributed by atoms with Crippen molar-refractivity contribution < 1.29 is 43.5 Å². The second kappa shape index (κ2) is 12.7. The Bertz CT molecular complexity index is 925. The number of ether oxygens (including phenoxy) is 4. The maximum atomic E-state index is 13.3. The smallest absolute Gasteiger partial charge is 0.417 e. The lowest BCUT2D eigenvalue weighted by atomic mass is 9.93. The van der Waals surface area contributed by atoms with E-state index in [1.165, 1.54) is 13.0 Å². The van der Waals surface area contributed by atoms with E-state index in [1.807, 2.05) is 6.07 Å². The van der Waals surface area contributed by atoms with Crippen LogP contribution in [0.15, 0.2) is 40.9 Å². The fraction of sp³-hybridized carbons (Fsp3) is 0.542. The number of carbonyl (C=O) groups is 3. The molecule has 0 aliphatic carbocycles. The molecule has 2 aliphatic heterocycles. The van der Waals surface area contributed by atoms with E-state index in [9.17, 15) is 19.5 Å². The standard InChI is InChI=1S/C24H30BrNO9/c1-16(22(29)26-18(15-34-23(26)30)17-6-3-2-4-7-17)21-19(28)14-20(25)24(31,35-21)8-5-10-32-12-13-33-11-9-27/h2-4,6-7,14,16,18,21,27,31H,5,8-13,15H2,1H3. The summed E-state index contributed by atoms with van der Waals surface area (Å²) in [6.07, 6.45) is -0.363. The lowest BCUT2D eigenvalue weighted by Crippen LogP contribution is -2.51. The summed E-state index contributed by atoms with van der Waals surface area (Å²) < 4.78 is 21.6. The molecule has 3 rings (SSSR count). The molecule has 11 heteroatoms. The third-order valence-corrected chi connectivity index (χ3v) is 6.64. The van der Waals surface area contributed by atoms with Gasteiger partial charge < -0.3 is 29.2 Å². The Balaban J connectivity index is 1.62. The Morgan fingerprint density at radius 1 is 1.20 bits per heavy atom. The number of aliphatic hydroxyl groups excluding tert-OH is 1. The van der Waals surface area contributed by atoms with Crippen LogP contribution in [-0.4, -0.2) is 84.4 Å². The van der Waals surface area contributed by atoms with Crippen LogP contribution in [0.1, 0.15) is 31.4 Å². The van der Waals surface area contributed by atoms with Crippen LogP contribution in [0, 0.1) is 5.92 Å². The summed E-state index contributed by atoms with van der Waals surface area (Å²) in [6.45, 7) is 2.66. The number of aliphatic hydroxyl groups is 2. The second-order valence-corrected chi connectivity index (χ2v) is 9.12. The fourth-order valence-electron chi connectivity index (χ4n) is 3.91. The molecule has 192 valence electrons. The van der Waals surface area contributed by atoms with E-state index in [0.717, 1.165) is 10.5 Å². The Morgan fingerprint density at radius 3 is 2.57 bits per heavy atom. The van der Waals surface area contributed by atoms with Crippen LogP contribution in [0.5, 0.6) is 0 Å². The van der Waals surface area contributed by atoms with Crippen molar-refractivity contribution in [2.45, 2.75) is 37.7 Å². The monoisotopic (exact) mass is 555 g/mol. The van der Waals surface area contributed by atoms with Gasteiger partial charge in [-0.3, -0.25) is 9.59 Å². The van der Waals surface area contributed by atoms with Crippen LogP contribution in [0.25, 0.3) is 0 Å². The maximum Gasteiger partial charge on any atom is 0.417 e. The minimum Gasteiger partial charge on any atom is -0.446 e. The molecule has 4 atom stereocenters. The van der Waals surface area contributed by atoms with Gasteiger partial charge >= 0.3 is 6.09 Å². The highest BCUT2D eigenvalue weighted by molar-refractivity contribution is 9.11. The molecule has 2 heterocycles. The van der Waals surface area contributed by atoms with Gasteiger partial charge in [0.1, 0.15) is 18.8 Å². The van der Waals surface area contributed by atoms with Gasteiger partial charge in [-0.15, -0.1) is 0 Å². The van der Waals surface area contributed by atoms with Gasteiger partial charge in [-0.1, -0.05) is 37.3 Å². The van der Waals surface area contributed by atoms with Crippen molar-refractivity contribution in [1.82, 2.24) is 4.90 Å². The van der Waals surface area contributed by atoms with E-state index >= 15 is 0 Å². The second-order valence-electron chi connectivity index (χ2n) is 8.27. The molecule has 0 saturated carbocycles. The van der Waals surface area contributed by atoms with Crippen molar-refractivity contribution in [1.29, 1.82) is 0 Å². The Kier molecular flexibility index (Phi) is 9.96. The quantitative estimate of drug-likeness (QED) is 0.372. The zero-order valence-corrected chi connectivity index (χ0v) is 21.0. The summed E-state index contributed by atoms with van der Waals surface area (Å²) in [4.78, 5) is 39.4. The molecule has 0 bridgehead atoms. The lowest BCUT2D eigenvalue weighted by Gasteiger charge is -2.37. The largest absolute Gasteiger partial charge is 0.446 e. The summed E-state index contributed by atoms with van der Waals surface area (Å²) in [7, 11) is 0. The zero-order chi connectivity index (χ0) is 25.4. The molecular weight excluding hydrogens is 526 g/mol. The van der Waals surface area contributed by atoms with Crippen molar-refractivity contribution in [2.24, 2.45) is 5.92 Å². The molecule has 1 saturated heterocycles. The average Bonchev–Trinajstić information content (AvgIpc) is 3.24. The fourth-order valence-corrected chi connectivity index (χ4v) is 4.42. The van der Waals surface area contributed by atoms with Crippen molar-refractivity contribution in [3.63, 3.8) is 0 Å². The van der Waals surface area contributed by atoms with Crippen molar-refractivity contribution in [2.75, 3.05) is 39.6 Å². The first-order valence-electron chi connectivity index (χ1n) is 11.4. The minimum absolute atomic E-state index is 0.0151. The SMILES string of the molecule is CC(C(=O)N1C(=O)OCC1c1ccccc1)C1OC(O)(CCCOCCOCCO)C(Br)=CC1=O. The number of hydrogen-bond acceptors (Lipinski definition) is 9. The highest BCUT2D eigenvalue weighted by atomic mass is 79.9. The topological polar surface area (TPSA) is 132 Å². The van der Waals surface area contributed by atoms with E-state index < -0.39 is 41.6 Å². The van der Waals surface area contributed by atoms with E-state index in [4.69, 9.17) is 24.1 Å². The maximum absolute atomic E-state index is 13.3. The molecule has 2 amide bonds. The molecule has 35 heavy (non-hydrogen) atoms. The number of cyclic esters (lactones) is 1. The van der Waals surface area contributed by atoms with Gasteiger partial charge in [-0.2, -0.15) is 0 Å². The molecule has 4 unspecified atom stereocenters. The normalized spacial score (nSPS) is 25.4. The summed E-state index contributed by atoms with van der Waals surface area (Å²) in [5.74, 6) is -4.00. The van der Waals surface area contributed by atoms with Gasteiger partial charge in [-0.25, -0.2) is 9.69 Å². The third kappa shape index (κ3) is 6.75. The molecule has 1 aromatic carbocycles. The van der Waals surface area contributed by atoms with Gasteiger partial charge in [0.15, 0.2) is 11.6 Å². The number of carbonyl (C=O) groups excluding carboxylic acids is 3. The minimum atomic E-state index is -1.83. The van der Waals surface area contributed by atoms with Gasteiger partial charge in [-0.05, 0) is 34.0 Å². The van der Waals surface area contributed by atoms with Crippen LogP contribution in [-0.2, 0) is 28.5 Å². The highest BCUT2D eigenvalue weighted by Crippen LogP contribution is 2.37. The van der Waals surface area contributed by atoms with Gasteiger partial charge in [0.05, 0.1) is 36.8 Å². The first-order valence-corrected chi connectivity index (χ1v) is 12.2. The number of halogens is 1. The average molecular weight is 556 g/mol. The zero-order valence-electron chi connectivity index (χ0n) is 19.4. The van der Waals surface area contributed by atoms with Gasteiger partial charge in [0.2, 0.25) is 5.91 Å². The highest BCUT2D eigenvalue weighted by Gasteiger charge is 2.48. The van der Waals surface area contributed by atoms with Crippen molar-refractivity contribution in [3.8, 4) is 0 Å². The predicted octanol–water partition coefficient (Wildman–Crippen LogP) is 2.08. The summed E-state index contributed by atoms with van der Waals surface area (Å²) in [5.41, 5.74) is 0.732. The molecule has 0 aromatic heterocycles. The first kappa shape index (κ1) is 27.4. The first-order chi connectivity index (χ1) is 16.8. The van der Waals surface area contributed by atoms with E-state index in [1.54, 1.807) is 24.3 Å². The molecule has 10 nitrogen and oxygen atoms in total.